The van der Waals surface area contributed by atoms with Crippen LogP contribution >= 0.6 is 0 Å². The lowest BCUT2D eigenvalue weighted by molar-refractivity contribution is -0.139. The molecule has 1 heterocycles. The SMILES string of the molecule is Cc1c(C(=O)N(C)c2ccc(OCC(=O)O)cc2)oc2c1C(=O)CCC2. The van der Waals surface area contributed by atoms with E-state index in [1.54, 1.807) is 38.2 Å². The quantitative estimate of drug-likeness (QED) is 0.884. The summed E-state index contributed by atoms with van der Waals surface area (Å²) in [6.45, 7) is 1.30. The molecule has 2 aromatic rings. The Morgan fingerprint density at radius 3 is 2.54 bits per heavy atom. The van der Waals surface area contributed by atoms with E-state index >= 15 is 0 Å². The van der Waals surface area contributed by atoms with E-state index in [9.17, 15) is 14.4 Å². The second-order valence-corrected chi connectivity index (χ2v) is 6.17. The summed E-state index contributed by atoms with van der Waals surface area (Å²) in [4.78, 5) is 36.8. The zero-order chi connectivity index (χ0) is 18.8. The van der Waals surface area contributed by atoms with Gasteiger partial charge >= 0.3 is 5.97 Å². The first-order chi connectivity index (χ1) is 12.4. The van der Waals surface area contributed by atoms with Crippen LogP contribution < -0.4 is 9.64 Å². The molecule has 26 heavy (non-hydrogen) atoms. The third kappa shape index (κ3) is 3.33. The number of benzene rings is 1. The number of hydrogen-bond donors (Lipinski definition) is 1. The Labute approximate surface area is 150 Å². The normalized spacial score (nSPS) is 13.2. The van der Waals surface area contributed by atoms with E-state index in [1.165, 1.54) is 4.90 Å². The first-order valence-corrected chi connectivity index (χ1v) is 8.26. The van der Waals surface area contributed by atoms with Gasteiger partial charge in [0.25, 0.3) is 5.91 Å². The van der Waals surface area contributed by atoms with Gasteiger partial charge in [0, 0.05) is 31.1 Å². The number of furan rings is 1. The minimum atomic E-state index is -1.06. The van der Waals surface area contributed by atoms with Crippen molar-refractivity contribution in [3.8, 4) is 5.75 Å². The molecule has 0 bridgehead atoms. The molecule has 3 rings (SSSR count). The number of anilines is 1. The van der Waals surface area contributed by atoms with Crippen LogP contribution in [0.25, 0.3) is 0 Å². The molecular weight excluding hydrogens is 338 g/mol. The van der Waals surface area contributed by atoms with Crippen LogP contribution in [-0.2, 0) is 11.2 Å². The predicted molar refractivity (Wildman–Crippen MR) is 93.0 cm³/mol. The van der Waals surface area contributed by atoms with Gasteiger partial charge in [0.05, 0.1) is 5.56 Å². The topological polar surface area (TPSA) is 97.1 Å². The highest BCUT2D eigenvalue weighted by molar-refractivity contribution is 6.08. The number of hydrogen-bond acceptors (Lipinski definition) is 5. The van der Waals surface area contributed by atoms with Crippen molar-refractivity contribution >= 4 is 23.3 Å². The van der Waals surface area contributed by atoms with E-state index in [0.29, 0.717) is 41.2 Å². The predicted octanol–water partition coefficient (Wildman–Crippen LogP) is 2.85. The highest BCUT2D eigenvalue weighted by Crippen LogP contribution is 2.31. The molecule has 7 heteroatoms. The van der Waals surface area contributed by atoms with Crippen LogP contribution in [0.15, 0.2) is 28.7 Å². The Bertz CT molecular complexity index is 865. The van der Waals surface area contributed by atoms with Gasteiger partial charge in [0.2, 0.25) is 0 Å². The van der Waals surface area contributed by atoms with Gasteiger partial charge in [-0.2, -0.15) is 0 Å². The number of rotatable bonds is 5. The van der Waals surface area contributed by atoms with Crippen molar-refractivity contribution < 1.29 is 28.6 Å². The van der Waals surface area contributed by atoms with E-state index in [1.807, 2.05) is 0 Å². The number of carbonyl (C=O) groups excluding carboxylic acids is 2. The monoisotopic (exact) mass is 357 g/mol. The molecule has 1 aliphatic rings. The minimum absolute atomic E-state index is 0.0223. The number of carboxylic acid groups (broad SMARTS) is 1. The molecule has 0 unspecified atom stereocenters. The molecule has 1 aliphatic carbocycles. The van der Waals surface area contributed by atoms with Crippen molar-refractivity contribution in [1.29, 1.82) is 0 Å². The lowest BCUT2D eigenvalue weighted by atomic mass is 9.94. The van der Waals surface area contributed by atoms with Gasteiger partial charge in [-0.05, 0) is 37.6 Å². The van der Waals surface area contributed by atoms with Gasteiger partial charge in [-0.15, -0.1) is 0 Å². The summed E-state index contributed by atoms with van der Waals surface area (Å²) in [5.41, 5.74) is 1.73. The third-order valence-corrected chi connectivity index (χ3v) is 4.39. The molecule has 7 nitrogen and oxygen atoms in total. The molecule has 0 fully saturated rings. The zero-order valence-electron chi connectivity index (χ0n) is 14.6. The summed E-state index contributed by atoms with van der Waals surface area (Å²) in [6, 6.07) is 6.48. The number of carboxylic acids is 1. The number of Topliss-reactive ketones (excluding diaryl/α,β-unsaturated/α-hetero) is 1. The molecule has 0 saturated carbocycles. The molecule has 0 spiro atoms. The van der Waals surface area contributed by atoms with Crippen LogP contribution in [-0.4, -0.2) is 36.4 Å². The van der Waals surface area contributed by atoms with E-state index < -0.39 is 12.6 Å². The van der Waals surface area contributed by atoms with Gasteiger partial charge in [-0.1, -0.05) is 0 Å². The summed E-state index contributed by atoms with van der Waals surface area (Å²) in [6.07, 6.45) is 1.88. The highest BCUT2D eigenvalue weighted by atomic mass is 16.5. The average molecular weight is 357 g/mol. The third-order valence-electron chi connectivity index (χ3n) is 4.39. The molecule has 1 aromatic carbocycles. The number of ketones is 1. The first kappa shape index (κ1) is 17.7. The van der Waals surface area contributed by atoms with Crippen molar-refractivity contribution in [3.63, 3.8) is 0 Å². The fourth-order valence-electron chi connectivity index (χ4n) is 3.03. The number of fused-ring (bicyclic) bond motifs is 1. The van der Waals surface area contributed by atoms with Crippen LogP contribution in [0.5, 0.6) is 5.75 Å². The van der Waals surface area contributed by atoms with Crippen LogP contribution in [0.4, 0.5) is 5.69 Å². The number of ether oxygens (including phenoxy) is 1. The van der Waals surface area contributed by atoms with Crippen LogP contribution in [0.2, 0.25) is 0 Å². The Morgan fingerprint density at radius 2 is 1.92 bits per heavy atom. The maximum Gasteiger partial charge on any atom is 0.341 e. The molecule has 0 saturated heterocycles. The number of aryl methyl sites for hydroxylation is 1. The Balaban J connectivity index is 1.80. The Kier molecular flexibility index (Phi) is 4.79. The number of aliphatic carboxylic acids is 1. The van der Waals surface area contributed by atoms with Crippen molar-refractivity contribution in [2.24, 2.45) is 0 Å². The zero-order valence-corrected chi connectivity index (χ0v) is 14.6. The first-order valence-electron chi connectivity index (χ1n) is 8.26. The fourth-order valence-corrected chi connectivity index (χ4v) is 3.03. The summed E-state index contributed by atoms with van der Waals surface area (Å²) < 4.78 is 10.8. The summed E-state index contributed by atoms with van der Waals surface area (Å²) in [5, 5.41) is 8.62. The molecular formula is C19H19NO6. The Hall–Kier alpha value is -3.09. The molecule has 0 atom stereocenters. The lowest BCUT2D eigenvalue weighted by Crippen LogP contribution is -2.26. The standard InChI is InChI=1S/C19H19NO6/c1-11-17-14(21)4-3-5-15(17)26-18(11)19(24)20(2)12-6-8-13(9-7-12)25-10-16(22)23/h6-9H,3-5,10H2,1-2H3,(H,22,23). The van der Waals surface area contributed by atoms with Crippen molar-refractivity contribution in [1.82, 2.24) is 0 Å². The smallest absolute Gasteiger partial charge is 0.341 e. The maximum atomic E-state index is 12.8. The average Bonchev–Trinajstić information content (AvgIpc) is 2.97. The van der Waals surface area contributed by atoms with Crippen LogP contribution in [0.1, 0.15) is 45.1 Å². The maximum absolute atomic E-state index is 12.8. The molecule has 1 N–H and O–H groups in total. The summed E-state index contributed by atoms with van der Waals surface area (Å²) >= 11 is 0. The second kappa shape index (κ2) is 7.03. The molecule has 1 aromatic heterocycles. The van der Waals surface area contributed by atoms with E-state index in [4.69, 9.17) is 14.3 Å². The lowest BCUT2D eigenvalue weighted by Gasteiger charge is -2.17. The second-order valence-electron chi connectivity index (χ2n) is 6.17. The number of carbonyl (C=O) groups is 3. The van der Waals surface area contributed by atoms with E-state index in [0.717, 1.165) is 6.42 Å². The van der Waals surface area contributed by atoms with Gasteiger partial charge in [0.1, 0.15) is 11.5 Å². The molecule has 1 amide bonds. The summed E-state index contributed by atoms with van der Waals surface area (Å²) in [5.74, 6) is -0.217. The summed E-state index contributed by atoms with van der Waals surface area (Å²) in [7, 11) is 1.61. The van der Waals surface area contributed by atoms with Crippen molar-refractivity contribution in [2.75, 3.05) is 18.6 Å². The number of nitrogens with zero attached hydrogens (tertiary/aromatic N) is 1. The van der Waals surface area contributed by atoms with E-state index in [2.05, 4.69) is 0 Å². The van der Waals surface area contributed by atoms with Crippen LogP contribution in [0.3, 0.4) is 0 Å². The van der Waals surface area contributed by atoms with Crippen molar-refractivity contribution in [3.05, 3.63) is 46.9 Å². The number of amides is 1. The largest absolute Gasteiger partial charge is 0.482 e. The minimum Gasteiger partial charge on any atom is -0.482 e. The van der Waals surface area contributed by atoms with Gasteiger partial charge in [-0.25, -0.2) is 4.79 Å². The van der Waals surface area contributed by atoms with Gasteiger partial charge < -0.3 is 19.2 Å². The molecule has 0 radical (unpaired) electrons. The van der Waals surface area contributed by atoms with Gasteiger partial charge in [-0.3, -0.25) is 9.59 Å². The van der Waals surface area contributed by atoms with Crippen LogP contribution in [0, 0.1) is 6.92 Å². The molecule has 0 aliphatic heterocycles. The van der Waals surface area contributed by atoms with Gasteiger partial charge in [0.15, 0.2) is 18.2 Å². The van der Waals surface area contributed by atoms with Crippen molar-refractivity contribution in [2.45, 2.75) is 26.2 Å². The van der Waals surface area contributed by atoms with E-state index in [-0.39, 0.29) is 17.5 Å². The Morgan fingerprint density at radius 1 is 1.23 bits per heavy atom. The molecule has 136 valence electrons. The highest BCUT2D eigenvalue weighted by Gasteiger charge is 2.30. The fraction of sp³-hybridized carbons (Fsp3) is 0.316.